The molecule has 0 heterocycles. The highest BCUT2D eigenvalue weighted by Gasteiger charge is 2.31. The Bertz CT molecular complexity index is 1100. The summed E-state index contributed by atoms with van der Waals surface area (Å²) in [4.78, 5) is 25.5. The van der Waals surface area contributed by atoms with E-state index in [1.165, 1.54) is 19.3 Å². The fourth-order valence-electron chi connectivity index (χ4n) is 4.67. The fourth-order valence-corrected chi connectivity index (χ4v) is 5.87. The molecule has 0 aromatic heterocycles. The maximum absolute atomic E-state index is 13.3. The zero-order valence-corrected chi connectivity index (χ0v) is 21.8. The molecule has 1 aliphatic rings. The van der Waals surface area contributed by atoms with Crippen LogP contribution >= 0.6 is 0 Å². The predicted molar refractivity (Wildman–Crippen MR) is 138 cm³/mol. The SMILES string of the molecule is CC[C@H](C)[C@H](NC(=O)[C@H](Cc1ccccc1)NS(=O)(=O)c1ccc(C2CCCCC2)cc1)C(=O)NO. The van der Waals surface area contributed by atoms with Crippen molar-refractivity contribution in [2.24, 2.45) is 5.92 Å². The van der Waals surface area contributed by atoms with Gasteiger partial charge in [-0.3, -0.25) is 14.8 Å². The van der Waals surface area contributed by atoms with Gasteiger partial charge in [-0.25, -0.2) is 13.9 Å². The minimum absolute atomic E-state index is 0.0829. The lowest BCUT2D eigenvalue weighted by atomic mass is 9.84. The second kappa shape index (κ2) is 13.0. The van der Waals surface area contributed by atoms with Crippen molar-refractivity contribution in [3.63, 3.8) is 0 Å². The zero-order chi connectivity index (χ0) is 26.1. The average Bonchev–Trinajstić information content (AvgIpc) is 2.91. The van der Waals surface area contributed by atoms with E-state index in [4.69, 9.17) is 5.21 Å². The van der Waals surface area contributed by atoms with Crippen LogP contribution in [-0.4, -0.2) is 37.5 Å². The number of nitrogens with one attached hydrogen (secondary N) is 3. The molecule has 2 aromatic rings. The number of amides is 2. The number of hydrogen-bond donors (Lipinski definition) is 4. The molecule has 2 aromatic carbocycles. The number of carbonyl (C=O) groups excluding carboxylic acids is 2. The Morgan fingerprint density at radius 3 is 2.19 bits per heavy atom. The van der Waals surface area contributed by atoms with Crippen molar-refractivity contribution in [2.45, 2.75) is 81.7 Å². The van der Waals surface area contributed by atoms with Crippen molar-refractivity contribution in [1.29, 1.82) is 0 Å². The highest BCUT2D eigenvalue weighted by Crippen LogP contribution is 2.32. The van der Waals surface area contributed by atoms with E-state index in [1.54, 1.807) is 36.7 Å². The van der Waals surface area contributed by atoms with Gasteiger partial charge < -0.3 is 5.32 Å². The van der Waals surface area contributed by atoms with Gasteiger partial charge in [0.1, 0.15) is 12.1 Å². The lowest BCUT2D eigenvalue weighted by molar-refractivity contribution is -0.136. The van der Waals surface area contributed by atoms with Gasteiger partial charge in [-0.15, -0.1) is 0 Å². The Labute approximate surface area is 213 Å². The molecule has 0 unspecified atom stereocenters. The van der Waals surface area contributed by atoms with E-state index in [2.05, 4.69) is 10.0 Å². The Kier molecular flexibility index (Phi) is 10.0. The molecule has 2 amide bonds. The molecule has 0 radical (unpaired) electrons. The van der Waals surface area contributed by atoms with Crippen LogP contribution in [0.25, 0.3) is 0 Å². The smallest absolute Gasteiger partial charge is 0.266 e. The molecule has 1 aliphatic carbocycles. The van der Waals surface area contributed by atoms with Gasteiger partial charge in [0.05, 0.1) is 4.90 Å². The van der Waals surface area contributed by atoms with Crippen LogP contribution in [0.2, 0.25) is 0 Å². The Balaban J connectivity index is 1.82. The predicted octanol–water partition coefficient (Wildman–Crippen LogP) is 3.66. The van der Waals surface area contributed by atoms with Gasteiger partial charge in [0, 0.05) is 0 Å². The molecule has 36 heavy (non-hydrogen) atoms. The fraction of sp³-hybridized carbons (Fsp3) is 0.481. The highest BCUT2D eigenvalue weighted by atomic mass is 32.2. The third kappa shape index (κ3) is 7.38. The van der Waals surface area contributed by atoms with Crippen molar-refractivity contribution in [3.05, 3.63) is 65.7 Å². The number of carbonyl (C=O) groups is 2. The summed E-state index contributed by atoms with van der Waals surface area (Å²) >= 11 is 0. The summed E-state index contributed by atoms with van der Waals surface area (Å²) in [5.74, 6) is -1.22. The van der Waals surface area contributed by atoms with Crippen molar-refractivity contribution >= 4 is 21.8 Å². The summed E-state index contributed by atoms with van der Waals surface area (Å²) in [5.41, 5.74) is 3.49. The number of sulfonamides is 1. The normalized spacial score (nSPS) is 17.1. The molecular formula is C27H37N3O5S. The third-order valence-electron chi connectivity index (χ3n) is 7.07. The van der Waals surface area contributed by atoms with E-state index in [9.17, 15) is 18.0 Å². The Hall–Kier alpha value is -2.75. The molecule has 0 spiro atoms. The first-order chi connectivity index (χ1) is 17.2. The molecule has 0 bridgehead atoms. The average molecular weight is 516 g/mol. The van der Waals surface area contributed by atoms with Gasteiger partial charge in [-0.05, 0) is 54.4 Å². The summed E-state index contributed by atoms with van der Waals surface area (Å²) in [6.45, 7) is 3.63. The number of hydroxylamine groups is 1. The van der Waals surface area contributed by atoms with Gasteiger partial charge in [0.2, 0.25) is 15.9 Å². The second-order valence-corrected chi connectivity index (χ2v) is 11.3. The first-order valence-electron chi connectivity index (χ1n) is 12.7. The molecule has 196 valence electrons. The molecule has 9 heteroatoms. The Morgan fingerprint density at radius 2 is 1.61 bits per heavy atom. The summed E-state index contributed by atoms with van der Waals surface area (Å²) in [6.07, 6.45) is 6.52. The van der Waals surface area contributed by atoms with E-state index in [0.29, 0.717) is 12.3 Å². The molecule has 3 rings (SSSR count). The maximum Gasteiger partial charge on any atom is 0.266 e. The van der Waals surface area contributed by atoms with E-state index in [1.807, 2.05) is 37.3 Å². The topological polar surface area (TPSA) is 125 Å². The zero-order valence-electron chi connectivity index (χ0n) is 20.9. The Morgan fingerprint density at radius 1 is 0.972 bits per heavy atom. The second-order valence-electron chi connectivity index (χ2n) is 9.62. The minimum Gasteiger partial charge on any atom is -0.343 e. The largest absolute Gasteiger partial charge is 0.343 e. The number of rotatable bonds is 11. The minimum atomic E-state index is -4.02. The van der Waals surface area contributed by atoms with Crippen molar-refractivity contribution < 1.29 is 23.2 Å². The van der Waals surface area contributed by atoms with Gasteiger partial charge in [0.15, 0.2) is 0 Å². The van der Waals surface area contributed by atoms with Crippen LogP contribution in [0, 0.1) is 5.92 Å². The van der Waals surface area contributed by atoms with E-state index < -0.39 is 33.9 Å². The molecule has 1 fully saturated rings. The summed E-state index contributed by atoms with van der Waals surface area (Å²) in [6, 6.07) is 13.8. The van der Waals surface area contributed by atoms with Crippen molar-refractivity contribution in [1.82, 2.24) is 15.5 Å². The molecule has 8 nitrogen and oxygen atoms in total. The standard InChI is InChI=1S/C27H37N3O5S/c1-3-19(2)25(27(32)29-33)28-26(31)24(18-20-10-6-4-7-11-20)30-36(34,35)23-16-14-22(15-17-23)21-12-8-5-9-13-21/h4,6-7,10-11,14-17,19,21,24-25,30,33H,3,5,8-9,12-13,18H2,1-2H3,(H,28,31)(H,29,32)/t19-,24-,25-/m0/s1. The van der Waals surface area contributed by atoms with Gasteiger partial charge >= 0.3 is 0 Å². The van der Waals surface area contributed by atoms with Crippen LogP contribution in [0.15, 0.2) is 59.5 Å². The molecule has 1 saturated carbocycles. The lowest BCUT2D eigenvalue weighted by Crippen LogP contribution is -2.56. The van der Waals surface area contributed by atoms with Crippen LogP contribution in [0.1, 0.15) is 69.4 Å². The van der Waals surface area contributed by atoms with Gasteiger partial charge in [-0.1, -0.05) is 82.0 Å². The maximum atomic E-state index is 13.3. The van der Waals surface area contributed by atoms with Crippen molar-refractivity contribution in [3.8, 4) is 0 Å². The summed E-state index contributed by atoms with van der Waals surface area (Å²) < 4.78 is 29.1. The molecule has 4 N–H and O–H groups in total. The van der Waals surface area contributed by atoms with E-state index in [-0.39, 0.29) is 17.2 Å². The monoisotopic (exact) mass is 515 g/mol. The van der Waals surface area contributed by atoms with Crippen LogP contribution < -0.4 is 15.5 Å². The highest BCUT2D eigenvalue weighted by molar-refractivity contribution is 7.89. The van der Waals surface area contributed by atoms with Crippen LogP contribution in [0.3, 0.4) is 0 Å². The van der Waals surface area contributed by atoms with Gasteiger partial charge in [-0.2, -0.15) is 4.72 Å². The molecule has 3 atom stereocenters. The summed E-state index contributed by atoms with van der Waals surface area (Å²) in [5, 5.41) is 11.8. The van der Waals surface area contributed by atoms with Crippen LogP contribution in [0.4, 0.5) is 0 Å². The van der Waals surface area contributed by atoms with Crippen molar-refractivity contribution in [2.75, 3.05) is 0 Å². The molecular weight excluding hydrogens is 478 g/mol. The third-order valence-corrected chi connectivity index (χ3v) is 8.55. The number of hydrogen-bond acceptors (Lipinski definition) is 5. The quantitative estimate of drug-likeness (QED) is 0.269. The van der Waals surface area contributed by atoms with Crippen LogP contribution in [-0.2, 0) is 26.0 Å². The molecule has 0 saturated heterocycles. The number of benzene rings is 2. The lowest BCUT2D eigenvalue weighted by Gasteiger charge is -2.26. The first-order valence-corrected chi connectivity index (χ1v) is 14.1. The van der Waals surface area contributed by atoms with Gasteiger partial charge in [0.25, 0.3) is 5.91 Å². The van der Waals surface area contributed by atoms with E-state index >= 15 is 0 Å². The van der Waals surface area contributed by atoms with E-state index in [0.717, 1.165) is 24.0 Å². The summed E-state index contributed by atoms with van der Waals surface area (Å²) in [7, 11) is -4.02. The van der Waals surface area contributed by atoms with Crippen LogP contribution in [0.5, 0.6) is 0 Å². The first kappa shape index (κ1) is 27.8. The molecule has 0 aliphatic heterocycles.